The Labute approximate surface area is 217 Å². The number of thioether (sulfide) groups is 1. The highest BCUT2D eigenvalue weighted by atomic mass is 32.2. The molecule has 2 aromatic rings. The fraction of sp³-hybridized carbons (Fsp3) is 0.500. The van der Waals surface area contributed by atoms with Gasteiger partial charge in [-0.2, -0.15) is 0 Å². The normalized spacial score (nSPS) is 30.5. The predicted molar refractivity (Wildman–Crippen MR) is 142 cm³/mol. The highest BCUT2D eigenvalue weighted by molar-refractivity contribution is 8.15. The van der Waals surface area contributed by atoms with E-state index in [4.69, 9.17) is 0 Å². The van der Waals surface area contributed by atoms with Gasteiger partial charge >= 0.3 is 0 Å². The number of benzene rings is 2. The number of carbonyl (C=O) groups excluding carboxylic acids is 3. The molecule has 1 saturated heterocycles. The van der Waals surface area contributed by atoms with Gasteiger partial charge in [0.15, 0.2) is 0 Å². The molecule has 188 valence electrons. The Hall–Kier alpha value is -2.60. The van der Waals surface area contributed by atoms with Crippen LogP contribution in [0, 0.1) is 23.2 Å². The summed E-state index contributed by atoms with van der Waals surface area (Å²) in [5, 5.41) is 1.73. The van der Waals surface area contributed by atoms with Gasteiger partial charge in [0.2, 0.25) is 11.8 Å². The molecule has 0 spiro atoms. The number of nitrogens with one attached hydrogen (secondary N) is 1. The monoisotopic (exact) mass is 502 g/mol. The molecule has 3 amide bonds. The number of rotatable bonds is 7. The Bertz CT molecular complexity index is 1160. The maximum absolute atomic E-state index is 13.3. The van der Waals surface area contributed by atoms with E-state index in [2.05, 4.69) is 41.7 Å². The van der Waals surface area contributed by atoms with Gasteiger partial charge in [-0.05, 0) is 96.4 Å². The van der Waals surface area contributed by atoms with E-state index in [1.807, 2.05) is 24.1 Å². The SMILES string of the molecule is CN(Cc1cccc(-c2ccc(CC3SC(=O)NC3=O)cc2)c1)C(=O)CC12CC3CC(CC(C3)C1)C2. The van der Waals surface area contributed by atoms with E-state index in [-0.39, 0.29) is 21.8 Å². The number of nitrogens with zero attached hydrogens (tertiary/aromatic N) is 1. The third kappa shape index (κ3) is 4.84. The van der Waals surface area contributed by atoms with Crippen LogP contribution in [-0.4, -0.2) is 34.3 Å². The van der Waals surface area contributed by atoms with Crippen molar-refractivity contribution in [1.82, 2.24) is 10.2 Å². The Morgan fingerprint density at radius 3 is 2.22 bits per heavy atom. The second-order valence-electron chi connectivity index (χ2n) is 11.8. The summed E-state index contributed by atoms with van der Waals surface area (Å²) in [6, 6.07) is 16.6. The zero-order chi connectivity index (χ0) is 24.9. The lowest BCUT2D eigenvalue weighted by atomic mass is 9.49. The molecule has 1 atom stereocenters. The first-order valence-electron chi connectivity index (χ1n) is 13.3. The summed E-state index contributed by atoms with van der Waals surface area (Å²) in [4.78, 5) is 38.5. The first kappa shape index (κ1) is 23.8. The van der Waals surface area contributed by atoms with Crippen molar-refractivity contribution >= 4 is 28.8 Å². The van der Waals surface area contributed by atoms with Gasteiger partial charge in [0.1, 0.15) is 0 Å². The summed E-state index contributed by atoms with van der Waals surface area (Å²) >= 11 is 1.06. The summed E-state index contributed by atoms with van der Waals surface area (Å²) in [7, 11) is 1.95. The van der Waals surface area contributed by atoms with E-state index in [1.54, 1.807) is 0 Å². The topological polar surface area (TPSA) is 66.5 Å². The van der Waals surface area contributed by atoms with Gasteiger partial charge in [-0.1, -0.05) is 54.2 Å². The highest BCUT2D eigenvalue weighted by Crippen LogP contribution is 2.61. The van der Waals surface area contributed by atoms with Crippen molar-refractivity contribution in [3.8, 4) is 11.1 Å². The van der Waals surface area contributed by atoms with Crippen LogP contribution in [-0.2, 0) is 22.6 Å². The van der Waals surface area contributed by atoms with Crippen LogP contribution in [0.4, 0.5) is 4.79 Å². The van der Waals surface area contributed by atoms with Crippen LogP contribution in [0.2, 0.25) is 0 Å². The predicted octanol–water partition coefficient (Wildman–Crippen LogP) is 5.81. The smallest absolute Gasteiger partial charge is 0.286 e. The summed E-state index contributed by atoms with van der Waals surface area (Å²) in [6.07, 6.45) is 9.29. The minimum absolute atomic E-state index is 0.205. The molecule has 4 saturated carbocycles. The Balaban J connectivity index is 1.08. The van der Waals surface area contributed by atoms with Crippen molar-refractivity contribution in [2.45, 2.75) is 63.2 Å². The third-order valence-corrected chi connectivity index (χ3v) is 9.92. The maximum Gasteiger partial charge on any atom is 0.286 e. The molecule has 4 bridgehead atoms. The van der Waals surface area contributed by atoms with Crippen molar-refractivity contribution in [2.24, 2.45) is 23.2 Å². The molecule has 7 rings (SSSR count). The molecule has 1 unspecified atom stereocenters. The van der Waals surface area contributed by atoms with Crippen molar-refractivity contribution < 1.29 is 14.4 Å². The van der Waals surface area contributed by atoms with Crippen LogP contribution in [0.15, 0.2) is 48.5 Å². The molecule has 1 aliphatic heterocycles. The van der Waals surface area contributed by atoms with Crippen molar-refractivity contribution in [2.75, 3.05) is 7.05 Å². The number of amides is 3. The summed E-state index contributed by atoms with van der Waals surface area (Å²) in [6.45, 7) is 0.624. The number of hydrogen-bond acceptors (Lipinski definition) is 4. The number of imide groups is 1. The molecule has 36 heavy (non-hydrogen) atoms. The Morgan fingerprint density at radius 2 is 1.61 bits per heavy atom. The van der Waals surface area contributed by atoms with Crippen molar-refractivity contribution in [3.05, 3.63) is 59.7 Å². The fourth-order valence-electron chi connectivity index (χ4n) is 7.75. The lowest BCUT2D eigenvalue weighted by Crippen LogP contribution is -2.48. The third-order valence-electron chi connectivity index (χ3n) is 8.94. The first-order valence-corrected chi connectivity index (χ1v) is 14.2. The van der Waals surface area contributed by atoms with Gasteiger partial charge in [-0.15, -0.1) is 0 Å². The largest absolute Gasteiger partial charge is 0.341 e. The number of carbonyl (C=O) groups is 3. The maximum atomic E-state index is 13.3. The highest BCUT2D eigenvalue weighted by Gasteiger charge is 2.51. The molecule has 1 N–H and O–H groups in total. The minimum atomic E-state index is -0.349. The zero-order valence-electron chi connectivity index (χ0n) is 20.9. The van der Waals surface area contributed by atoms with Crippen LogP contribution in [0.25, 0.3) is 11.1 Å². The van der Waals surface area contributed by atoms with E-state index in [1.165, 1.54) is 38.5 Å². The summed E-state index contributed by atoms with van der Waals surface area (Å²) in [5.41, 5.74) is 4.66. The molecule has 5 aliphatic rings. The van der Waals surface area contributed by atoms with Gasteiger partial charge in [-0.3, -0.25) is 19.7 Å². The summed E-state index contributed by atoms with van der Waals surface area (Å²) < 4.78 is 0. The lowest BCUT2D eigenvalue weighted by molar-refractivity contribution is -0.138. The average molecular weight is 503 g/mol. The van der Waals surface area contributed by atoms with Crippen LogP contribution >= 0.6 is 11.8 Å². The van der Waals surface area contributed by atoms with E-state index in [0.717, 1.165) is 58.2 Å². The quantitative estimate of drug-likeness (QED) is 0.519. The summed E-state index contributed by atoms with van der Waals surface area (Å²) in [5.74, 6) is 2.69. The first-order chi connectivity index (χ1) is 17.3. The molecule has 0 radical (unpaired) electrons. The van der Waals surface area contributed by atoms with E-state index >= 15 is 0 Å². The lowest BCUT2D eigenvalue weighted by Gasteiger charge is -2.56. The second kappa shape index (κ2) is 9.37. The molecular formula is C30H34N2O3S. The van der Waals surface area contributed by atoms with Gasteiger partial charge in [0.05, 0.1) is 5.25 Å². The molecule has 0 aromatic heterocycles. The molecule has 5 fully saturated rings. The van der Waals surface area contributed by atoms with Crippen molar-refractivity contribution in [3.63, 3.8) is 0 Å². The van der Waals surface area contributed by atoms with Crippen molar-refractivity contribution in [1.29, 1.82) is 0 Å². The van der Waals surface area contributed by atoms with Gasteiger partial charge in [0.25, 0.3) is 5.24 Å². The number of hydrogen-bond donors (Lipinski definition) is 1. The molecule has 1 heterocycles. The van der Waals surface area contributed by atoms with Crippen LogP contribution in [0.1, 0.15) is 56.1 Å². The fourth-order valence-corrected chi connectivity index (χ4v) is 8.61. The zero-order valence-corrected chi connectivity index (χ0v) is 21.7. The van der Waals surface area contributed by atoms with Gasteiger partial charge in [-0.25, -0.2) is 0 Å². The second-order valence-corrected chi connectivity index (χ2v) is 13.0. The molecule has 6 heteroatoms. The minimum Gasteiger partial charge on any atom is -0.341 e. The van der Waals surface area contributed by atoms with Crippen LogP contribution in [0.3, 0.4) is 0 Å². The Morgan fingerprint density at radius 1 is 0.944 bits per heavy atom. The molecule has 2 aromatic carbocycles. The van der Waals surface area contributed by atoms with E-state index < -0.39 is 0 Å². The van der Waals surface area contributed by atoms with Crippen LogP contribution in [0.5, 0.6) is 0 Å². The van der Waals surface area contributed by atoms with Gasteiger partial charge < -0.3 is 4.90 Å². The Kier molecular flexibility index (Phi) is 6.19. The standard InChI is InChI=1S/C30H34N2O3S/c1-32(27(33)17-30-14-21-9-22(15-30)11-23(10-21)16-30)18-20-3-2-4-25(12-20)24-7-5-19(6-8-24)13-26-28(34)31-29(35)36-26/h2-8,12,21-23,26H,9-11,13-18H2,1H3,(H,31,34,35). The van der Waals surface area contributed by atoms with Crippen LogP contribution < -0.4 is 5.32 Å². The molecule has 5 nitrogen and oxygen atoms in total. The average Bonchev–Trinajstić information content (AvgIpc) is 3.14. The molecular weight excluding hydrogens is 468 g/mol. The van der Waals surface area contributed by atoms with Gasteiger partial charge in [0, 0.05) is 20.0 Å². The van der Waals surface area contributed by atoms with E-state index in [9.17, 15) is 14.4 Å². The van der Waals surface area contributed by atoms with E-state index in [0.29, 0.717) is 18.9 Å². The molecule has 4 aliphatic carbocycles.